The Labute approximate surface area is 206 Å². The molecule has 2 aliphatic rings. The lowest BCUT2D eigenvalue weighted by Crippen LogP contribution is -2.51. The third kappa shape index (κ3) is 5.42. The minimum atomic E-state index is -1.74. The Morgan fingerprint density at radius 1 is 1.26 bits per heavy atom. The molecule has 1 saturated carbocycles. The second kappa shape index (κ2) is 9.39. The molecule has 7 heteroatoms. The van der Waals surface area contributed by atoms with Crippen molar-refractivity contribution in [2.45, 2.75) is 103 Å². The number of hydrogen-bond acceptors (Lipinski definition) is 5. The zero-order valence-electron chi connectivity index (χ0n) is 22.6. The van der Waals surface area contributed by atoms with E-state index in [0.717, 1.165) is 42.7 Å². The zero-order valence-corrected chi connectivity index (χ0v) is 23.6. The topological polar surface area (TPSA) is 83.1 Å². The van der Waals surface area contributed by atoms with E-state index < -0.39 is 13.9 Å². The lowest BCUT2D eigenvalue weighted by molar-refractivity contribution is -0.149. The first-order valence-corrected chi connectivity index (χ1v) is 15.3. The third-order valence-corrected chi connectivity index (χ3v) is 12.9. The Morgan fingerprint density at radius 3 is 2.47 bits per heavy atom. The van der Waals surface area contributed by atoms with Gasteiger partial charge in [-0.25, -0.2) is 0 Å². The van der Waals surface area contributed by atoms with Crippen LogP contribution in [0.3, 0.4) is 0 Å². The number of rotatable bonds is 8. The van der Waals surface area contributed by atoms with Crippen molar-refractivity contribution in [3.63, 3.8) is 0 Å². The van der Waals surface area contributed by atoms with Gasteiger partial charge >= 0.3 is 0 Å². The first-order chi connectivity index (χ1) is 15.6. The fourth-order valence-electron chi connectivity index (χ4n) is 4.57. The fourth-order valence-corrected chi connectivity index (χ4v) is 5.71. The summed E-state index contributed by atoms with van der Waals surface area (Å²) in [6.45, 7) is 17.9. The number of fused-ring (bicyclic) bond motifs is 1. The monoisotopic (exact) mass is 488 g/mol. The van der Waals surface area contributed by atoms with E-state index >= 15 is 0 Å². The van der Waals surface area contributed by atoms with Gasteiger partial charge in [-0.2, -0.15) is 0 Å². The molecule has 3 rings (SSSR count). The Balaban J connectivity index is 1.61. The summed E-state index contributed by atoms with van der Waals surface area (Å²) in [6, 6.07) is 6.20. The Hall–Kier alpha value is -1.70. The average molecular weight is 489 g/mol. The van der Waals surface area contributed by atoms with Gasteiger partial charge in [0.15, 0.2) is 19.7 Å². The van der Waals surface area contributed by atoms with Gasteiger partial charge in [0, 0.05) is 19.3 Å². The molecule has 1 fully saturated rings. The van der Waals surface area contributed by atoms with Gasteiger partial charge in [0.2, 0.25) is 0 Å². The maximum atomic E-state index is 12.1. The Morgan fingerprint density at radius 2 is 1.91 bits per heavy atom. The predicted octanol–water partition coefficient (Wildman–Crippen LogP) is 5.27. The summed E-state index contributed by atoms with van der Waals surface area (Å²) < 4.78 is 18.2. The molecule has 0 amide bonds. The molecule has 0 saturated heterocycles. The molecule has 0 aromatic heterocycles. The van der Waals surface area contributed by atoms with Crippen molar-refractivity contribution >= 4 is 19.9 Å². The number of benzene rings is 1. The Bertz CT molecular complexity index is 946. The van der Waals surface area contributed by atoms with Crippen LogP contribution in [0.15, 0.2) is 23.2 Å². The third-order valence-electron chi connectivity index (χ3n) is 8.41. The van der Waals surface area contributed by atoms with Gasteiger partial charge < -0.3 is 19.6 Å². The maximum absolute atomic E-state index is 12.1. The summed E-state index contributed by atoms with van der Waals surface area (Å²) in [5, 5.41) is 0.222. The number of amidine groups is 1. The van der Waals surface area contributed by atoms with Gasteiger partial charge in [-0.05, 0) is 86.8 Å². The quantitative estimate of drug-likeness (QED) is 0.306. The molecule has 2 N–H and O–H groups in total. The molecule has 1 aliphatic carbocycles. The van der Waals surface area contributed by atoms with E-state index in [1.807, 2.05) is 12.1 Å². The van der Waals surface area contributed by atoms with E-state index in [0.29, 0.717) is 12.3 Å². The number of ether oxygens (including phenoxy) is 2. The average Bonchev–Trinajstić information content (AvgIpc) is 2.74. The molecule has 0 spiro atoms. The Kier molecular flexibility index (Phi) is 7.43. The molecule has 0 radical (unpaired) electrons. The number of ketones is 1. The van der Waals surface area contributed by atoms with Crippen molar-refractivity contribution < 1.29 is 18.7 Å². The largest absolute Gasteiger partial charge is 0.487 e. The maximum Gasteiger partial charge on any atom is 0.192 e. The summed E-state index contributed by atoms with van der Waals surface area (Å²) in [6.07, 6.45) is 3.21. The highest BCUT2D eigenvalue weighted by atomic mass is 28.4. The summed E-state index contributed by atoms with van der Waals surface area (Å²) in [4.78, 5) is 16.9. The van der Waals surface area contributed by atoms with Crippen molar-refractivity contribution in [2.75, 3.05) is 13.7 Å². The normalized spacial score (nSPS) is 27.3. The van der Waals surface area contributed by atoms with Crippen LogP contribution in [0, 0.1) is 5.41 Å². The lowest BCUT2D eigenvalue weighted by atomic mass is 9.68. The summed E-state index contributed by atoms with van der Waals surface area (Å²) in [7, 11) is -0.182. The number of nitrogens with zero attached hydrogens (tertiary/aromatic N) is 1. The molecule has 6 nitrogen and oxygen atoms in total. The second-order valence-electron chi connectivity index (χ2n) is 12.3. The number of carbonyl (C=O) groups is 1. The summed E-state index contributed by atoms with van der Waals surface area (Å²) in [5.74, 6) is 1.34. The number of aliphatic imine (C=N–C) groups is 1. The number of Topliss-reactive ketones (excluding diaryl/α,β-unsaturated/α-hetero) is 1. The minimum Gasteiger partial charge on any atom is -0.487 e. The van der Waals surface area contributed by atoms with Crippen LogP contribution in [-0.4, -0.2) is 51.4 Å². The molecule has 190 valence electrons. The first kappa shape index (κ1) is 26.9. The highest BCUT2D eigenvalue weighted by Gasteiger charge is 2.45. The number of nitrogens with two attached hydrogens (primary N) is 1. The SMILES string of the molecule is CO[C@](C)(C(C)=O)[C@H]1CCc2cc(C(N)=NC3CC(C)(CO[Si](C)(C)C(C)(C)C)C3)ccc2O1. The van der Waals surface area contributed by atoms with Gasteiger partial charge in [-0.1, -0.05) is 27.7 Å². The van der Waals surface area contributed by atoms with E-state index in [9.17, 15) is 4.79 Å². The van der Waals surface area contributed by atoms with Crippen LogP contribution >= 0.6 is 0 Å². The van der Waals surface area contributed by atoms with E-state index in [1.54, 1.807) is 21.0 Å². The van der Waals surface area contributed by atoms with Crippen molar-refractivity contribution in [1.82, 2.24) is 0 Å². The molecule has 0 bridgehead atoms. The molecule has 1 aliphatic heterocycles. The van der Waals surface area contributed by atoms with Gasteiger partial charge in [-0.3, -0.25) is 9.79 Å². The molecule has 1 heterocycles. The van der Waals surface area contributed by atoms with Crippen molar-refractivity contribution in [3.05, 3.63) is 29.3 Å². The van der Waals surface area contributed by atoms with Gasteiger partial charge in [0.05, 0.1) is 6.04 Å². The number of aryl methyl sites for hydroxylation is 1. The molecular formula is C27H44N2O4Si. The molecule has 1 aromatic carbocycles. The minimum absolute atomic E-state index is 0.0290. The van der Waals surface area contributed by atoms with Crippen LogP contribution in [0.2, 0.25) is 18.1 Å². The highest BCUT2D eigenvalue weighted by molar-refractivity contribution is 6.74. The number of carbonyl (C=O) groups excluding carboxylic acids is 1. The van der Waals surface area contributed by atoms with Gasteiger partial charge in [0.1, 0.15) is 17.7 Å². The smallest absolute Gasteiger partial charge is 0.192 e. The van der Waals surface area contributed by atoms with E-state index in [-0.39, 0.29) is 28.4 Å². The number of hydrogen-bond donors (Lipinski definition) is 1. The van der Waals surface area contributed by atoms with Crippen molar-refractivity contribution in [2.24, 2.45) is 16.1 Å². The lowest BCUT2D eigenvalue weighted by Gasteiger charge is -2.46. The van der Waals surface area contributed by atoms with Crippen molar-refractivity contribution in [1.29, 1.82) is 0 Å². The molecule has 1 aromatic rings. The second-order valence-corrected chi connectivity index (χ2v) is 17.1. The highest BCUT2D eigenvalue weighted by Crippen LogP contribution is 2.45. The zero-order chi connectivity index (χ0) is 25.5. The molecule has 0 unspecified atom stereocenters. The number of methoxy groups -OCH3 is 1. The van der Waals surface area contributed by atoms with Crippen molar-refractivity contribution in [3.8, 4) is 5.75 Å². The molecular weight excluding hydrogens is 444 g/mol. The van der Waals surface area contributed by atoms with Crippen LogP contribution in [0.25, 0.3) is 0 Å². The van der Waals surface area contributed by atoms with Gasteiger partial charge in [0.25, 0.3) is 0 Å². The first-order valence-electron chi connectivity index (χ1n) is 12.4. The fraction of sp³-hybridized carbons (Fsp3) is 0.704. The van der Waals surface area contributed by atoms with Crippen LogP contribution in [-0.2, 0) is 20.4 Å². The standard InChI is InChI=1S/C27H44N2O4Si/c1-18(30)27(6,31-7)23-13-11-19-14-20(10-12-22(19)33-23)24(28)29-21-15-26(5,16-21)17-32-34(8,9)25(2,3)4/h10,12,14,21,23H,11,13,15-17H2,1-9H3,(H2,28,29)/t21?,23-,26?,27-/m1/s1. The van der Waals surface area contributed by atoms with Crippen LogP contribution in [0.1, 0.15) is 71.9 Å². The van der Waals surface area contributed by atoms with Crippen LogP contribution in [0.5, 0.6) is 5.75 Å². The van der Waals surface area contributed by atoms with E-state index in [4.69, 9.17) is 24.6 Å². The van der Waals surface area contributed by atoms with E-state index in [2.05, 4.69) is 46.9 Å². The molecule has 34 heavy (non-hydrogen) atoms. The molecule has 2 atom stereocenters. The van der Waals surface area contributed by atoms with Crippen LogP contribution in [0.4, 0.5) is 0 Å². The van der Waals surface area contributed by atoms with Gasteiger partial charge in [-0.15, -0.1) is 0 Å². The summed E-state index contributed by atoms with van der Waals surface area (Å²) in [5.41, 5.74) is 7.65. The van der Waals surface area contributed by atoms with Crippen LogP contribution < -0.4 is 10.5 Å². The van der Waals surface area contributed by atoms with E-state index in [1.165, 1.54) is 0 Å². The summed E-state index contributed by atoms with van der Waals surface area (Å²) >= 11 is 0. The predicted molar refractivity (Wildman–Crippen MR) is 140 cm³/mol.